The zero-order valence-electron chi connectivity index (χ0n) is 13.6. The first kappa shape index (κ1) is 17.9. The quantitative estimate of drug-likeness (QED) is 0.504. The topological polar surface area (TPSA) is 65.8 Å². The number of nitriles is 1. The molecule has 4 nitrogen and oxygen atoms in total. The molecule has 0 aliphatic carbocycles. The van der Waals surface area contributed by atoms with Gasteiger partial charge in [-0.15, -0.1) is 11.3 Å². The van der Waals surface area contributed by atoms with Gasteiger partial charge in [0.2, 0.25) is 0 Å². The number of benzene rings is 2. The zero-order chi connectivity index (χ0) is 18.4. The van der Waals surface area contributed by atoms with Gasteiger partial charge in [0, 0.05) is 22.5 Å². The smallest absolute Gasteiger partial charge is 0.268 e. The maximum absolute atomic E-state index is 12.3. The molecule has 3 aromatic rings. The maximum Gasteiger partial charge on any atom is 0.268 e. The van der Waals surface area contributed by atoms with Gasteiger partial charge in [0.1, 0.15) is 11.6 Å². The van der Waals surface area contributed by atoms with Gasteiger partial charge < -0.3 is 0 Å². The zero-order valence-corrected chi connectivity index (χ0v) is 15.2. The Hall–Kier alpha value is -2.94. The Morgan fingerprint density at radius 1 is 1.19 bits per heavy atom. The van der Waals surface area contributed by atoms with Crippen LogP contribution in [0.25, 0.3) is 6.08 Å². The molecule has 0 atom stereocenters. The van der Waals surface area contributed by atoms with E-state index in [1.165, 1.54) is 23.0 Å². The van der Waals surface area contributed by atoms with Gasteiger partial charge in [0.25, 0.3) is 5.91 Å². The number of amides is 1. The third-order valence-electron chi connectivity index (χ3n) is 3.57. The number of anilines is 1. The fourth-order valence-corrected chi connectivity index (χ4v) is 3.34. The van der Waals surface area contributed by atoms with Crippen LogP contribution in [0, 0.1) is 11.3 Å². The van der Waals surface area contributed by atoms with E-state index in [2.05, 4.69) is 10.3 Å². The fraction of sp³-hybridized carbons (Fsp3) is 0.0500. The lowest BCUT2D eigenvalue weighted by Crippen LogP contribution is -2.13. The molecule has 3 rings (SSSR count). The number of halogens is 1. The third kappa shape index (κ3) is 4.57. The highest BCUT2D eigenvalue weighted by atomic mass is 35.5. The van der Waals surface area contributed by atoms with E-state index in [9.17, 15) is 10.1 Å². The van der Waals surface area contributed by atoms with Crippen molar-refractivity contribution in [2.24, 2.45) is 0 Å². The Bertz CT molecular complexity index is 990. The highest BCUT2D eigenvalue weighted by Gasteiger charge is 2.13. The van der Waals surface area contributed by atoms with E-state index in [-0.39, 0.29) is 5.57 Å². The molecule has 0 saturated carbocycles. The van der Waals surface area contributed by atoms with Gasteiger partial charge in [0.15, 0.2) is 5.13 Å². The molecule has 0 aliphatic heterocycles. The number of hydrogen-bond donors (Lipinski definition) is 1. The van der Waals surface area contributed by atoms with E-state index in [1.807, 2.05) is 36.4 Å². The monoisotopic (exact) mass is 379 g/mol. The number of carbonyl (C=O) groups is 1. The lowest BCUT2D eigenvalue weighted by atomic mass is 10.1. The summed E-state index contributed by atoms with van der Waals surface area (Å²) in [7, 11) is 0. The van der Waals surface area contributed by atoms with E-state index in [1.54, 1.807) is 30.5 Å². The minimum atomic E-state index is -0.506. The Balaban J connectivity index is 1.71. The summed E-state index contributed by atoms with van der Waals surface area (Å²) in [6, 6.07) is 19.0. The summed E-state index contributed by atoms with van der Waals surface area (Å²) >= 11 is 7.46. The van der Waals surface area contributed by atoms with Crippen molar-refractivity contribution in [3.63, 3.8) is 0 Å². The van der Waals surface area contributed by atoms with Crippen LogP contribution in [0.3, 0.4) is 0 Å². The van der Waals surface area contributed by atoms with Crippen LogP contribution in [0.5, 0.6) is 0 Å². The number of carbonyl (C=O) groups excluding carboxylic acids is 1. The second-order valence-electron chi connectivity index (χ2n) is 5.44. The highest BCUT2D eigenvalue weighted by Crippen LogP contribution is 2.22. The predicted molar refractivity (Wildman–Crippen MR) is 105 cm³/mol. The molecule has 1 N–H and O–H groups in total. The van der Waals surface area contributed by atoms with Gasteiger partial charge in [-0.3, -0.25) is 10.1 Å². The molecule has 0 spiro atoms. The summed E-state index contributed by atoms with van der Waals surface area (Å²) < 4.78 is 0. The summed E-state index contributed by atoms with van der Waals surface area (Å²) in [5, 5.41) is 12.9. The fourth-order valence-electron chi connectivity index (χ4n) is 2.30. The molecule has 1 amide bonds. The van der Waals surface area contributed by atoms with Crippen molar-refractivity contribution < 1.29 is 4.79 Å². The van der Waals surface area contributed by atoms with Crippen LogP contribution < -0.4 is 5.32 Å². The molecule has 1 heterocycles. The summed E-state index contributed by atoms with van der Waals surface area (Å²) in [5.41, 5.74) is 1.76. The van der Waals surface area contributed by atoms with Crippen molar-refractivity contribution in [2.45, 2.75) is 6.42 Å². The van der Waals surface area contributed by atoms with Crippen molar-refractivity contribution in [1.29, 1.82) is 5.26 Å². The second kappa shape index (κ2) is 8.43. The number of rotatable bonds is 5. The number of thiazole rings is 1. The highest BCUT2D eigenvalue weighted by molar-refractivity contribution is 7.15. The first-order valence-corrected chi connectivity index (χ1v) is 9.01. The van der Waals surface area contributed by atoms with Crippen molar-refractivity contribution in [3.8, 4) is 6.07 Å². The Labute approximate surface area is 160 Å². The Morgan fingerprint density at radius 2 is 1.92 bits per heavy atom. The van der Waals surface area contributed by atoms with E-state index >= 15 is 0 Å². The van der Waals surface area contributed by atoms with Crippen LogP contribution in [0.2, 0.25) is 5.02 Å². The van der Waals surface area contributed by atoms with Crippen molar-refractivity contribution in [1.82, 2.24) is 4.98 Å². The summed E-state index contributed by atoms with van der Waals surface area (Å²) in [5.74, 6) is -0.506. The minimum Gasteiger partial charge on any atom is -0.297 e. The van der Waals surface area contributed by atoms with Gasteiger partial charge in [-0.05, 0) is 23.3 Å². The number of nitrogens with one attached hydrogen (secondary N) is 1. The molecule has 0 bridgehead atoms. The average molecular weight is 380 g/mol. The largest absolute Gasteiger partial charge is 0.297 e. The Morgan fingerprint density at radius 3 is 2.65 bits per heavy atom. The van der Waals surface area contributed by atoms with E-state index in [0.717, 1.165) is 11.3 Å². The number of hydrogen-bond acceptors (Lipinski definition) is 4. The normalized spacial score (nSPS) is 11.0. The minimum absolute atomic E-state index is 0.0297. The van der Waals surface area contributed by atoms with Crippen LogP contribution in [0.1, 0.15) is 16.0 Å². The number of aromatic nitrogens is 1. The molecule has 0 saturated heterocycles. The lowest BCUT2D eigenvalue weighted by Gasteiger charge is -2.01. The predicted octanol–water partition coefficient (Wildman–Crippen LogP) is 4.93. The van der Waals surface area contributed by atoms with Crippen LogP contribution in [0.4, 0.5) is 5.13 Å². The van der Waals surface area contributed by atoms with Gasteiger partial charge >= 0.3 is 0 Å². The second-order valence-corrected chi connectivity index (χ2v) is 6.96. The van der Waals surface area contributed by atoms with Gasteiger partial charge in [-0.1, -0.05) is 60.1 Å². The van der Waals surface area contributed by atoms with E-state index in [0.29, 0.717) is 15.7 Å². The molecule has 2 aromatic carbocycles. The third-order valence-corrected chi connectivity index (χ3v) is 4.82. The molecule has 0 fully saturated rings. The van der Waals surface area contributed by atoms with Gasteiger partial charge in [0.05, 0.1) is 0 Å². The summed E-state index contributed by atoms with van der Waals surface area (Å²) in [4.78, 5) is 17.6. The molecule has 1 aromatic heterocycles. The standard InChI is InChI=1S/C20H14ClN3OS/c21-18-9-5-4-8-15(18)11-16(12-22)19(25)24-20-23-13-17(26-20)10-14-6-2-1-3-7-14/h1-9,11,13H,10H2,(H,23,24,25). The molecule has 128 valence electrons. The van der Waals surface area contributed by atoms with Crippen molar-refractivity contribution in [2.75, 3.05) is 5.32 Å². The van der Waals surface area contributed by atoms with Crippen LogP contribution in [0.15, 0.2) is 66.4 Å². The summed E-state index contributed by atoms with van der Waals surface area (Å²) in [6.07, 6.45) is 3.95. The summed E-state index contributed by atoms with van der Waals surface area (Å²) in [6.45, 7) is 0. The molecule has 0 aliphatic rings. The average Bonchev–Trinajstić information content (AvgIpc) is 3.08. The van der Waals surface area contributed by atoms with Crippen molar-refractivity contribution in [3.05, 3.63) is 87.4 Å². The SMILES string of the molecule is N#CC(=Cc1ccccc1Cl)C(=O)Nc1ncc(Cc2ccccc2)s1. The van der Waals surface area contributed by atoms with E-state index < -0.39 is 5.91 Å². The van der Waals surface area contributed by atoms with Crippen LogP contribution in [-0.2, 0) is 11.2 Å². The van der Waals surface area contributed by atoms with Crippen LogP contribution in [-0.4, -0.2) is 10.9 Å². The van der Waals surface area contributed by atoms with Crippen molar-refractivity contribution >= 4 is 40.1 Å². The lowest BCUT2D eigenvalue weighted by molar-refractivity contribution is -0.112. The molecule has 6 heteroatoms. The Kier molecular flexibility index (Phi) is 5.80. The molecule has 26 heavy (non-hydrogen) atoms. The number of nitrogens with zero attached hydrogens (tertiary/aromatic N) is 2. The molecule has 0 radical (unpaired) electrons. The molecular formula is C20H14ClN3OS. The first-order valence-electron chi connectivity index (χ1n) is 7.82. The molecular weight excluding hydrogens is 366 g/mol. The van der Waals surface area contributed by atoms with Gasteiger partial charge in [-0.2, -0.15) is 5.26 Å². The first-order chi connectivity index (χ1) is 12.7. The van der Waals surface area contributed by atoms with E-state index in [4.69, 9.17) is 11.6 Å². The molecule has 0 unspecified atom stereocenters. The van der Waals surface area contributed by atoms with Crippen LogP contribution >= 0.6 is 22.9 Å². The van der Waals surface area contributed by atoms with Gasteiger partial charge in [-0.25, -0.2) is 4.98 Å². The maximum atomic E-state index is 12.3.